The van der Waals surface area contributed by atoms with E-state index in [2.05, 4.69) is 5.32 Å². The molecule has 8 heteroatoms. The van der Waals surface area contributed by atoms with Crippen LogP contribution < -0.4 is 11.1 Å². The smallest absolute Gasteiger partial charge is 0.326 e. The van der Waals surface area contributed by atoms with Crippen LogP contribution in [-0.4, -0.2) is 53.8 Å². The fourth-order valence-corrected chi connectivity index (χ4v) is 3.76. The second-order valence-electron chi connectivity index (χ2n) is 7.82. The number of carbonyl (C=O) groups is 3. The van der Waals surface area contributed by atoms with Crippen molar-refractivity contribution in [1.82, 2.24) is 10.2 Å². The van der Waals surface area contributed by atoms with Gasteiger partial charge in [0, 0.05) is 19.7 Å². The van der Waals surface area contributed by atoms with Gasteiger partial charge < -0.3 is 21.1 Å². The van der Waals surface area contributed by atoms with E-state index in [4.69, 9.17) is 11.1 Å². The molecule has 2 rings (SSSR count). The summed E-state index contributed by atoms with van der Waals surface area (Å²) in [5, 5.41) is 19.7. The van der Waals surface area contributed by atoms with Crippen molar-refractivity contribution in [2.75, 3.05) is 14.1 Å². The Labute approximate surface area is 171 Å². The van der Waals surface area contributed by atoms with Gasteiger partial charge in [-0.3, -0.25) is 15.0 Å². The Morgan fingerprint density at radius 1 is 1.17 bits per heavy atom. The first-order valence-corrected chi connectivity index (χ1v) is 9.88. The Morgan fingerprint density at radius 3 is 2.24 bits per heavy atom. The fourth-order valence-electron chi connectivity index (χ4n) is 3.76. The number of nitrogens with two attached hydrogens (primary N) is 1. The summed E-state index contributed by atoms with van der Waals surface area (Å²) in [6, 6.07) is 5.77. The molecule has 1 aliphatic rings. The van der Waals surface area contributed by atoms with Gasteiger partial charge >= 0.3 is 5.97 Å². The highest BCUT2D eigenvalue weighted by Crippen LogP contribution is 2.27. The average Bonchev–Trinajstić information content (AvgIpc) is 2.70. The standard InChI is InChI=1S/C21H30N4O4/c1-25(2)20(27)16(12-13-8-10-15(11-9-13)18(22)23)19(26)24-17(21(28)29)14-6-4-3-5-7-14/h8-11,14,16-17H,3-7,12H2,1-2H3,(H3,22,23)(H,24,26)(H,28,29)/t16-,17?/m0/s1. The van der Waals surface area contributed by atoms with Crippen molar-refractivity contribution in [2.24, 2.45) is 17.6 Å². The van der Waals surface area contributed by atoms with Crippen LogP contribution >= 0.6 is 0 Å². The third-order valence-corrected chi connectivity index (χ3v) is 5.45. The molecule has 8 nitrogen and oxygen atoms in total. The number of hydrogen-bond acceptors (Lipinski definition) is 4. The van der Waals surface area contributed by atoms with Crippen LogP contribution in [0.25, 0.3) is 0 Å². The maximum absolute atomic E-state index is 13.0. The number of rotatable bonds is 8. The summed E-state index contributed by atoms with van der Waals surface area (Å²) >= 11 is 0. The van der Waals surface area contributed by atoms with Gasteiger partial charge in [0.2, 0.25) is 11.8 Å². The summed E-state index contributed by atoms with van der Waals surface area (Å²) < 4.78 is 0. The summed E-state index contributed by atoms with van der Waals surface area (Å²) in [5.41, 5.74) is 6.74. The molecular weight excluding hydrogens is 372 g/mol. The summed E-state index contributed by atoms with van der Waals surface area (Å²) in [5.74, 6) is -3.23. The Hall–Kier alpha value is -2.90. The molecule has 1 unspecified atom stereocenters. The van der Waals surface area contributed by atoms with Crippen LogP contribution in [0.15, 0.2) is 24.3 Å². The van der Waals surface area contributed by atoms with E-state index in [-0.39, 0.29) is 24.1 Å². The van der Waals surface area contributed by atoms with Gasteiger partial charge in [-0.05, 0) is 30.7 Å². The van der Waals surface area contributed by atoms with Gasteiger partial charge in [-0.25, -0.2) is 4.79 Å². The number of carboxylic acid groups (broad SMARTS) is 1. The lowest BCUT2D eigenvalue weighted by molar-refractivity contribution is -0.147. The molecule has 1 aliphatic carbocycles. The van der Waals surface area contributed by atoms with E-state index in [1.807, 2.05) is 0 Å². The number of amides is 2. The highest BCUT2D eigenvalue weighted by molar-refractivity contribution is 6.01. The van der Waals surface area contributed by atoms with E-state index in [0.29, 0.717) is 5.56 Å². The maximum Gasteiger partial charge on any atom is 0.326 e. The van der Waals surface area contributed by atoms with Gasteiger partial charge in [0.05, 0.1) is 0 Å². The highest BCUT2D eigenvalue weighted by atomic mass is 16.4. The quantitative estimate of drug-likeness (QED) is 0.296. The monoisotopic (exact) mass is 402 g/mol. The number of carboxylic acids is 1. The van der Waals surface area contributed by atoms with E-state index in [1.54, 1.807) is 38.4 Å². The molecule has 0 spiro atoms. The summed E-state index contributed by atoms with van der Waals surface area (Å²) in [7, 11) is 3.13. The number of carbonyl (C=O) groups excluding carboxylic acids is 2. The molecule has 0 aromatic heterocycles. The minimum absolute atomic E-state index is 0.0630. The number of aliphatic carboxylic acids is 1. The molecule has 158 valence electrons. The van der Waals surface area contributed by atoms with Crippen LogP contribution in [0.2, 0.25) is 0 Å². The Bertz CT molecular complexity index is 754. The number of amidine groups is 1. The van der Waals surface area contributed by atoms with Crippen LogP contribution in [0.5, 0.6) is 0 Å². The summed E-state index contributed by atoms with van der Waals surface area (Å²) in [6.45, 7) is 0. The minimum atomic E-state index is -1.06. The van der Waals surface area contributed by atoms with Crippen molar-refractivity contribution in [3.8, 4) is 0 Å². The van der Waals surface area contributed by atoms with Gasteiger partial charge in [0.15, 0.2) is 0 Å². The van der Waals surface area contributed by atoms with Gasteiger partial charge in [0.25, 0.3) is 0 Å². The van der Waals surface area contributed by atoms with Crippen molar-refractivity contribution in [1.29, 1.82) is 5.41 Å². The van der Waals surface area contributed by atoms with Gasteiger partial charge in [-0.2, -0.15) is 0 Å². The predicted octanol–water partition coefficient (Wildman–Crippen LogP) is 1.37. The van der Waals surface area contributed by atoms with Gasteiger partial charge in [-0.15, -0.1) is 0 Å². The largest absolute Gasteiger partial charge is 0.480 e. The summed E-state index contributed by atoms with van der Waals surface area (Å²) in [6.07, 6.45) is 4.64. The zero-order valence-corrected chi connectivity index (χ0v) is 17.0. The highest BCUT2D eigenvalue weighted by Gasteiger charge is 2.35. The molecule has 1 aromatic rings. The minimum Gasteiger partial charge on any atom is -0.480 e. The predicted molar refractivity (Wildman–Crippen MR) is 109 cm³/mol. The van der Waals surface area contributed by atoms with Gasteiger partial charge in [-0.1, -0.05) is 43.5 Å². The zero-order chi connectivity index (χ0) is 21.6. The number of benzene rings is 1. The first kappa shape index (κ1) is 22.4. The summed E-state index contributed by atoms with van der Waals surface area (Å²) in [4.78, 5) is 38.7. The second-order valence-corrected chi connectivity index (χ2v) is 7.82. The SMILES string of the molecule is CN(C)C(=O)[C@@H](Cc1ccc(C(=N)N)cc1)C(=O)NC(C(=O)O)C1CCCCC1. The van der Waals surface area contributed by atoms with E-state index < -0.39 is 23.8 Å². The molecule has 1 saturated carbocycles. The fraction of sp³-hybridized carbons (Fsp3) is 0.524. The first-order chi connectivity index (χ1) is 13.7. The van der Waals surface area contributed by atoms with E-state index in [9.17, 15) is 19.5 Å². The first-order valence-electron chi connectivity index (χ1n) is 9.88. The lowest BCUT2D eigenvalue weighted by Crippen LogP contribution is -2.51. The molecule has 0 heterocycles. The molecule has 0 saturated heterocycles. The molecule has 2 amide bonds. The molecule has 0 aliphatic heterocycles. The normalized spacial score (nSPS) is 16.5. The van der Waals surface area contributed by atoms with Crippen LogP contribution in [0, 0.1) is 17.2 Å². The average molecular weight is 402 g/mol. The number of nitrogen functional groups attached to an aromatic ring is 1. The van der Waals surface area contributed by atoms with Crippen LogP contribution in [0.3, 0.4) is 0 Å². The molecule has 0 radical (unpaired) electrons. The van der Waals surface area contributed by atoms with E-state index >= 15 is 0 Å². The maximum atomic E-state index is 13.0. The van der Waals surface area contributed by atoms with E-state index in [0.717, 1.165) is 37.7 Å². The topological polar surface area (TPSA) is 137 Å². The Balaban J connectivity index is 2.18. The molecule has 2 atom stereocenters. The van der Waals surface area contributed by atoms with Gasteiger partial charge in [0.1, 0.15) is 17.8 Å². The lowest BCUT2D eigenvalue weighted by atomic mass is 9.83. The molecule has 5 N–H and O–H groups in total. The molecule has 1 fully saturated rings. The van der Waals surface area contributed by atoms with Crippen molar-refractivity contribution in [2.45, 2.75) is 44.6 Å². The van der Waals surface area contributed by atoms with Crippen molar-refractivity contribution in [3.05, 3.63) is 35.4 Å². The molecular formula is C21H30N4O4. The third kappa shape index (κ3) is 6.04. The molecule has 29 heavy (non-hydrogen) atoms. The Morgan fingerprint density at radius 2 is 1.76 bits per heavy atom. The zero-order valence-electron chi connectivity index (χ0n) is 17.0. The Kier molecular flexibility index (Phi) is 7.75. The second kappa shape index (κ2) is 10.0. The van der Waals surface area contributed by atoms with Crippen molar-refractivity contribution >= 4 is 23.6 Å². The molecule has 1 aromatic carbocycles. The number of hydrogen-bond donors (Lipinski definition) is 4. The van der Waals surface area contributed by atoms with Crippen molar-refractivity contribution in [3.63, 3.8) is 0 Å². The number of nitrogens with zero attached hydrogens (tertiary/aromatic N) is 1. The third-order valence-electron chi connectivity index (χ3n) is 5.45. The lowest BCUT2D eigenvalue weighted by Gasteiger charge is -2.29. The van der Waals surface area contributed by atoms with Crippen LogP contribution in [0.4, 0.5) is 0 Å². The van der Waals surface area contributed by atoms with Crippen LogP contribution in [-0.2, 0) is 20.8 Å². The van der Waals surface area contributed by atoms with Crippen molar-refractivity contribution < 1.29 is 19.5 Å². The molecule has 0 bridgehead atoms. The van der Waals surface area contributed by atoms with Crippen LogP contribution in [0.1, 0.15) is 43.2 Å². The van der Waals surface area contributed by atoms with E-state index in [1.165, 1.54) is 4.90 Å². The number of nitrogens with one attached hydrogen (secondary N) is 2.